The Morgan fingerprint density at radius 2 is 1.79 bits per heavy atom. The third kappa shape index (κ3) is 3.57. The van der Waals surface area contributed by atoms with Crippen molar-refractivity contribution in [3.05, 3.63) is 72.3 Å². The first-order valence-electron chi connectivity index (χ1n) is 8.59. The van der Waals surface area contributed by atoms with Crippen LogP contribution in [0.25, 0.3) is 22.6 Å². The molecule has 1 aromatic heterocycles. The van der Waals surface area contributed by atoms with Gasteiger partial charge < -0.3 is 9.15 Å². The van der Waals surface area contributed by atoms with E-state index in [-0.39, 0.29) is 4.90 Å². The van der Waals surface area contributed by atoms with Crippen LogP contribution in [0.2, 0.25) is 0 Å². The zero-order chi connectivity index (χ0) is 19.7. The van der Waals surface area contributed by atoms with Crippen molar-refractivity contribution >= 4 is 26.8 Å². The van der Waals surface area contributed by atoms with E-state index in [9.17, 15) is 8.42 Å². The highest BCUT2D eigenvalue weighted by Crippen LogP contribution is 2.29. The Kier molecular flexibility index (Phi) is 4.52. The summed E-state index contributed by atoms with van der Waals surface area (Å²) in [5.41, 5.74) is 3.31. The average Bonchev–Trinajstić information content (AvgIpc) is 3.11. The van der Waals surface area contributed by atoms with E-state index in [2.05, 4.69) is 9.71 Å². The van der Waals surface area contributed by atoms with E-state index >= 15 is 0 Å². The Hall–Kier alpha value is -3.32. The molecule has 1 N–H and O–H groups in total. The Bertz CT molecular complexity index is 1250. The lowest BCUT2D eigenvalue weighted by atomic mass is 10.2. The number of fused-ring (bicyclic) bond motifs is 1. The number of methoxy groups -OCH3 is 1. The zero-order valence-electron chi connectivity index (χ0n) is 15.3. The Balaban J connectivity index is 1.65. The first-order valence-corrected chi connectivity index (χ1v) is 10.1. The number of hydrogen-bond acceptors (Lipinski definition) is 5. The second kappa shape index (κ2) is 7.01. The van der Waals surface area contributed by atoms with Gasteiger partial charge in [-0.25, -0.2) is 13.4 Å². The molecule has 0 amide bonds. The van der Waals surface area contributed by atoms with Crippen molar-refractivity contribution in [1.82, 2.24) is 4.98 Å². The van der Waals surface area contributed by atoms with Gasteiger partial charge in [-0.2, -0.15) is 0 Å². The molecular formula is C21H18N2O4S. The summed E-state index contributed by atoms with van der Waals surface area (Å²) in [5, 5.41) is 0. The molecule has 6 nitrogen and oxygen atoms in total. The number of nitrogens with one attached hydrogen (secondary N) is 1. The van der Waals surface area contributed by atoms with E-state index in [4.69, 9.17) is 9.15 Å². The van der Waals surface area contributed by atoms with Crippen molar-refractivity contribution in [3.63, 3.8) is 0 Å². The molecule has 142 valence electrons. The Labute approximate surface area is 162 Å². The molecule has 28 heavy (non-hydrogen) atoms. The number of hydrogen-bond donors (Lipinski definition) is 1. The summed E-state index contributed by atoms with van der Waals surface area (Å²) in [6.45, 7) is 1.90. The summed E-state index contributed by atoms with van der Waals surface area (Å²) >= 11 is 0. The third-order valence-electron chi connectivity index (χ3n) is 4.29. The highest BCUT2D eigenvalue weighted by molar-refractivity contribution is 7.92. The smallest absolute Gasteiger partial charge is 0.261 e. The van der Waals surface area contributed by atoms with Crippen LogP contribution in [0.4, 0.5) is 5.69 Å². The predicted molar refractivity (Wildman–Crippen MR) is 108 cm³/mol. The van der Waals surface area contributed by atoms with E-state index in [1.54, 1.807) is 49.6 Å². The molecule has 3 aromatic carbocycles. The van der Waals surface area contributed by atoms with Crippen molar-refractivity contribution < 1.29 is 17.6 Å². The third-order valence-corrected chi connectivity index (χ3v) is 5.68. The van der Waals surface area contributed by atoms with Gasteiger partial charge in [0.05, 0.1) is 17.7 Å². The summed E-state index contributed by atoms with van der Waals surface area (Å²) in [6.07, 6.45) is 0. The number of nitrogens with zero attached hydrogens (tertiary/aromatic N) is 1. The molecule has 0 spiro atoms. The first kappa shape index (κ1) is 18.1. The maximum absolute atomic E-state index is 12.6. The number of aromatic nitrogens is 1. The molecule has 0 aliphatic rings. The molecule has 4 aromatic rings. The van der Waals surface area contributed by atoms with Crippen LogP contribution in [0, 0.1) is 6.92 Å². The molecule has 0 aliphatic carbocycles. The predicted octanol–water partition coefficient (Wildman–Crippen LogP) is 4.61. The molecule has 0 fully saturated rings. The SMILES string of the molecule is COc1cccc(-c2nc3cc(NS(=O)(=O)c4ccc(C)cc4)ccc3o2)c1. The highest BCUT2D eigenvalue weighted by atomic mass is 32.2. The monoisotopic (exact) mass is 394 g/mol. The van der Waals surface area contributed by atoms with Crippen LogP contribution in [0.3, 0.4) is 0 Å². The van der Waals surface area contributed by atoms with Crippen LogP contribution in [-0.4, -0.2) is 20.5 Å². The van der Waals surface area contributed by atoms with Crippen molar-refractivity contribution in [2.45, 2.75) is 11.8 Å². The topological polar surface area (TPSA) is 81.4 Å². The summed E-state index contributed by atoms with van der Waals surface area (Å²) < 4.78 is 38.8. The van der Waals surface area contributed by atoms with Crippen LogP contribution in [0.5, 0.6) is 5.75 Å². The largest absolute Gasteiger partial charge is 0.497 e. The number of benzene rings is 3. The Morgan fingerprint density at radius 1 is 1.00 bits per heavy atom. The molecular weight excluding hydrogens is 376 g/mol. The summed E-state index contributed by atoms with van der Waals surface area (Å²) in [7, 11) is -2.08. The van der Waals surface area contributed by atoms with Gasteiger partial charge in [-0.15, -0.1) is 0 Å². The van der Waals surface area contributed by atoms with Gasteiger partial charge in [-0.1, -0.05) is 23.8 Å². The molecule has 0 atom stereocenters. The second-order valence-corrected chi connectivity index (χ2v) is 8.03. The molecule has 0 unspecified atom stereocenters. The highest BCUT2D eigenvalue weighted by Gasteiger charge is 2.15. The quantitative estimate of drug-likeness (QED) is 0.534. The van der Waals surface area contributed by atoms with E-state index in [0.29, 0.717) is 28.4 Å². The van der Waals surface area contributed by atoms with Gasteiger partial charge in [0.15, 0.2) is 5.58 Å². The maximum atomic E-state index is 12.6. The fourth-order valence-corrected chi connectivity index (χ4v) is 3.85. The number of rotatable bonds is 5. The van der Waals surface area contributed by atoms with Crippen molar-refractivity contribution in [1.29, 1.82) is 0 Å². The van der Waals surface area contributed by atoms with Crippen molar-refractivity contribution in [2.75, 3.05) is 11.8 Å². The number of sulfonamides is 1. The fraction of sp³-hybridized carbons (Fsp3) is 0.0952. The second-order valence-electron chi connectivity index (χ2n) is 6.35. The van der Waals surface area contributed by atoms with Crippen LogP contribution in [-0.2, 0) is 10.0 Å². The minimum absolute atomic E-state index is 0.204. The van der Waals surface area contributed by atoms with Crippen LogP contribution < -0.4 is 9.46 Å². The number of aryl methyl sites for hydroxylation is 1. The van der Waals surface area contributed by atoms with Gasteiger partial charge in [0.25, 0.3) is 10.0 Å². The fourth-order valence-electron chi connectivity index (χ4n) is 2.80. The molecule has 0 bridgehead atoms. The minimum Gasteiger partial charge on any atom is -0.497 e. The van der Waals surface area contributed by atoms with E-state index in [1.807, 2.05) is 31.2 Å². The molecule has 4 rings (SSSR count). The molecule has 0 saturated carbocycles. The summed E-state index contributed by atoms with van der Waals surface area (Å²) in [5.74, 6) is 1.14. The van der Waals surface area contributed by atoms with Crippen LogP contribution >= 0.6 is 0 Å². The number of oxazole rings is 1. The molecule has 1 heterocycles. The molecule has 0 radical (unpaired) electrons. The lowest BCUT2D eigenvalue weighted by Crippen LogP contribution is -2.12. The standard InChI is InChI=1S/C21H18N2O4S/c1-14-6-9-18(10-7-14)28(24,25)23-16-8-11-20-19(13-16)22-21(27-20)15-4-3-5-17(12-15)26-2/h3-13,23H,1-2H3. The number of anilines is 1. The Morgan fingerprint density at radius 3 is 2.54 bits per heavy atom. The van der Waals surface area contributed by atoms with E-state index < -0.39 is 10.0 Å². The van der Waals surface area contributed by atoms with Crippen molar-refractivity contribution in [3.8, 4) is 17.2 Å². The van der Waals surface area contributed by atoms with Gasteiger partial charge in [-0.05, 0) is 55.5 Å². The van der Waals surface area contributed by atoms with Crippen molar-refractivity contribution in [2.24, 2.45) is 0 Å². The first-order chi connectivity index (χ1) is 13.4. The van der Waals surface area contributed by atoms with Crippen LogP contribution in [0.15, 0.2) is 76.0 Å². The van der Waals surface area contributed by atoms with E-state index in [0.717, 1.165) is 11.1 Å². The van der Waals surface area contributed by atoms with Crippen LogP contribution in [0.1, 0.15) is 5.56 Å². The molecule has 7 heteroatoms. The normalized spacial score (nSPS) is 11.5. The van der Waals surface area contributed by atoms with Gasteiger partial charge in [-0.3, -0.25) is 4.72 Å². The molecule has 0 saturated heterocycles. The van der Waals surface area contributed by atoms with Gasteiger partial charge >= 0.3 is 0 Å². The van der Waals surface area contributed by atoms with Gasteiger partial charge in [0, 0.05) is 5.56 Å². The summed E-state index contributed by atoms with van der Waals surface area (Å²) in [4.78, 5) is 4.68. The lowest BCUT2D eigenvalue weighted by molar-refractivity contribution is 0.415. The minimum atomic E-state index is -3.68. The van der Waals surface area contributed by atoms with Gasteiger partial charge in [0.1, 0.15) is 11.3 Å². The lowest BCUT2D eigenvalue weighted by Gasteiger charge is -2.08. The number of ether oxygens (including phenoxy) is 1. The van der Waals surface area contributed by atoms with Gasteiger partial charge in [0.2, 0.25) is 5.89 Å². The summed E-state index contributed by atoms with van der Waals surface area (Å²) in [6, 6.07) is 19.0. The zero-order valence-corrected chi connectivity index (χ0v) is 16.2. The van der Waals surface area contributed by atoms with E-state index in [1.165, 1.54) is 0 Å². The average molecular weight is 394 g/mol. The molecule has 0 aliphatic heterocycles. The maximum Gasteiger partial charge on any atom is 0.261 e.